The zero-order valence-corrected chi connectivity index (χ0v) is 11.2. The maximum Gasteiger partial charge on any atom is 0.0135 e. The molecule has 1 aromatic carbocycles. The van der Waals surface area contributed by atoms with Crippen molar-refractivity contribution in [3.05, 3.63) is 32.9 Å². The second-order valence-corrected chi connectivity index (χ2v) is 5.13. The third-order valence-electron chi connectivity index (χ3n) is 1.64. The van der Waals surface area contributed by atoms with E-state index in [-0.39, 0.29) is 0 Å². The first kappa shape index (κ1) is 9.26. The van der Waals surface area contributed by atoms with E-state index in [1.807, 2.05) is 0 Å². The molecule has 0 aliphatic carbocycles. The minimum absolute atomic E-state index is 1.27. The summed E-state index contributed by atoms with van der Waals surface area (Å²) >= 11 is 2.38. The Morgan fingerprint density at radius 1 is 1.36 bits per heavy atom. The Hall–Kier alpha value is 0.167. The zero-order chi connectivity index (χ0) is 8.27. The lowest BCUT2D eigenvalue weighted by Crippen LogP contribution is -1.86. The van der Waals surface area contributed by atoms with Crippen LogP contribution in [0.15, 0.2) is 18.2 Å². The molecule has 0 amide bonds. The number of halogens is 1. The summed E-state index contributed by atoms with van der Waals surface area (Å²) in [4.78, 5) is 0. The summed E-state index contributed by atoms with van der Waals surface area (Å²) in [6, 6.07) is 8.17. The van der Waals surface area contributed by atoms with Crippen LogP contribution in [0.2, 0.25) is 6.04 Å². The summed E-state index contributed by atoms with van der Waals surface area (Å²) in [5, 5.41) is 0. The van der Waals surface area contributed by atoms with E-state index in [1.54, 1.807) is 0 Å². The van der Waals surface area contributed by atoms with Crippen molar-refractivity contribution in [2.75, 3.05) is 0 Å². The van der Waals surface area contributed by atoms with Gasteiger partial charge in [-0.25, -0.2) is 0 Å². The second-order valence-electron chi connectivity index (χ2n) is 2.89. The third-order valence-corrected chi connectivity index (χ3v) is 2.76. The standard InChI is InChI=1S/C9H13ISi/c1-7-4-8(2-3-11)6-9(10)5-7/h4-6H,2-3H2,1,11H3. The average Bonchev–Trinajstić information content (AvgIpc) is 1.85. The molecule has 0 fully saturated rings. The van der Waals surface area contributed by atoms with Crippen molar-refractivity contribution in [3.63, 3.8) is 0 Å². The van der Waals surface area contributed by atoms with Crippen LogP contribution in [0.1, 0.15) is 11.1 Å². The fourth-order valence-corrected chi connectivity index (χ4v) is 2.71. The maximum atomic E-state index is 2.38. The van der Waals surface area contributed by atoms with Crippen molar-refractivity contribution >= 4 is 32.8 Å². The van der Waals surface area contributed by atoms with E-state index >= 15 is 0 Å². The summed E-state index contributed by atoms with van der Waals surface area (Å²) in [6.45, 7) is 2.17. The highest BCUT2D eigenvalue weighted by Crippen LogP contribution is 2.12. The topological polar surface area (TPSA) is 0 Å². The predicted octanol–water partition coefficient (Wildman–Crippen LogP) is 1.93. The molecular formula is C9H13ISi. The first-order valence-electron chi connectivity index (χ1n) is 3.98. The first-order chi connectivity index (χ1) is 5.22. The summed E-state index contributed by atoms with van der Waals surface area (Å²) in [5.74, 6) is 0. The molecule has 60 valence electrons. The minimum atomic E-state index is 1.27. The van der Waals surface area contributed by atoms with Gasteiger partial charge in [-0.05, 0) is 59.2 Å². The van der Waals surface area contributed by atoms with Crippen LogP contribution in [0.5, 0.6) is 0 Å². The third kappa shape index (κ3) is 2.95. The fourth-order valence-electron chi connectivity index (χ4n) is 1.25. The van der Waals surface area contributed by atoms with Crippen LogP contribution in [0, 0.1) is 10.5 Å². The normalized spacial score (nSPS) is 10.4. The van der Waals surface area contributed by atoms with Crippen molar-refractivity contribution in [1.29, 1.82) is 0 Å². The van der Waals surface area contributed by atoms with Crippen LogP contribution < -0.4 is 0 Å². The highest BCUT2D eigenvalue weighted by atomic mass is 127. The van der Waals surface area contributed by atoms with Crippen molar-refractivity contribution in [3.8, 4) is 0 Å². The Labute approximate surface area is 85.0 Å². The van der Waals surface area contributed by atoms with Crippen LogP contribution >= 0.6 is 22.6 Å². The molecule has 0 nitrogen and oxygen atoms in total. The molecule has 0 spiro atoms. The number of hydrogen-bond donors (Lipinski definition) is 0. The van der Waals surface area contributed by atoms with E-state index in [9.17, 15) is 0 Å². The van der Waals surface area contributed by atoms with Crippen molar-refractivity contribution in [1.82, 2.24) is 0 Å². The van der Waals surface area contributed by atoms with Gasteiger partial charge in [-0.1, -0.05) is 12.1 Å². The van der Waals surface area contributed by atoms with Gasteiger partial charge in [0.25, 0.3) is 0 Å². The van der Waals surface area contributed by atoms with Gasteiger partial charge in [0, 0.05) is 13.8 Å². The Bertz CT molecular complexity index is 225. The van der Waals surface area contributed by atoms with E-state index in [4.69, 9.17) is 0 Å². The molecule has 0 saturated carbocycles. The summed E-state index contributed by atoms with van der Waals surface area (Å²) in [7, 11) is 1.32. The summed E-state index contributed by atoms with van der Waals surface area (Å²) in [5.41, 5.74) is 2.89. The average molecular weight is 276 g/mol. The molecule has 0 atom stereocenters. The maximum absolute atomic E-state index is 2.38. The molecule has 0 radical (unpaired) electrons. The molecule has 0 bridgehead atoms. The number of benzene rings is 1. The van der Waals surface area contributed by atoms with E-state index < -0.39 is 0 Å². The molecule has 1 aromatic rings. The van der Waals surface area contributed by atoms with E-state index in [2.05, 4.69) is 47.7 Å². The molecule has 1 rings (SSSR count). The molecule has 0 aromatic heterocycles. The van der Waals surface area contributed by atoms with Gasteiger partial charge in [0.2, 0.25) is 0 Å². The van der Waals surface area contributed by atoms with Crippen LogP contribution in [0.3, 0.4) is 0 Å². The van der Waals surface area contributed by atoms with Crippen LogP contribution in [-0.4, -0.2) is 10.2 Å². The molecule has 2 heteroatoms. The Balaban J connectivity index is 2.89. The smallest absolute Gasteiger partial charge is 0.0135 e. The van der Waals surface area contributed by atoms with Gasteiger partial charge in [-0.2, -0.15) is 0 Å². The fraction of sp³-hybridized carbons (Fsp3) is 0.333. The van der Waals surface area contributed by atoms with Crippen molar-refractivity contribution in [2.24, 2.45) is 0 Å². The van der Waals surface area contributed by atoms with E-state index in [0.29, 0.717) is 0 Å². The predicted molar refractivity (Wildman–Crippen MR) is 62.3 cm³/mol. The highest BCUT2D eigenvalue weighted by Gasteiger charge is 1.94. The minimum Gasteiger partial charge on any atom is -0.0619 e. The summed E-state index contributed by atoms with van der Waals surface area (Å²) in [6.07, 6.45) is 1.27. The lowest BCUT2D eigenvalue weighted by molar-refractivity contribution is 1.12. The molecule has 0 unspecified atom stereocenters. The molecule has 11 heavy (non-hydrogen) atoms. The monoisotopic (exact) mass is 276 g/mol. The largest absolute Gasteiger partial charge is 0.0619 e. The lowest BCUT2D eigenvalue weighted by Gasteiger charge is -2.01. The number of aryl methyl sites for hydroxylation is 2. The first-order valence-corrected chi connectivity index (χ1v) is 6.47. The molecule has 0 aliphatic heterocycles. The number of hydrogen-bond acceptors (Lipinski definition) is 0. The van der Waals surface area contributed by atoms with Gasteiger partial charge in [0.05, 0.1) is 0 Å². The van der Waals surface area contributed by atoms with Crippen LogP contribution in [-0.2, 0) is 6.42 Å². The number of rotatable bonds is 2. The molecular weight excluding hydrogens is 263 g/mol. The van der Waals surface area contributed by atoms with Crippen molar-refractivity contribution < 1.29 is 0 Å². The van der Waals surface area contributed by atoms with E-state index in [0.717, 1.165) is 0 Å². The molecule has 0 saturated heterocycles. The van der Waals surface area contributed by atoms with E-state index in [1.165, 1.54) is 37.4 Å². The Kier molecular flexibility index (Phi) is 3.58. The van der Waals surface area contributed by atoms with Crippen LogP contribution in [0.4, 0.5) is 0 Å². The SMILES string of the molecule is Cc1cc(I)cc(CC[SiH3])c1. The van der Waals surface area contributed by atoms with Gasteiger partial charge < -0.3 is 0 Å². The second kappa shape index (κ2) is 4.26. The Morgan fingerprint density at radius 3 is 2.64 bits per heavy atom. The molecule has 0 aliphatic rings. The molecule has 0 N–H and O–H groups in total. The van der Waals surface area contributed by atoms with Crippen LogP contribution in [0.25, 0.3) is 0 Å². The van der Waals surface area contributed by atoms with Crippen molar-refractivity contribution in [2.45, 2.75) is 19.4 Å². The Morgan fingerprint density at radius 2 is 2.09 bits per heavy atom. The van der Waals surface area contributed by atoms with Gasteiger partial charge >= 0.3 is 0 Å². The lowest BCUT2D eigenvalue weighted by atomic mass is 10.1. The van der Waals surface area contributed by atoms with Gasteiger partial charge in [0.1, 0.15) is 0 Å². The molecule has 0 heterocycles. The summed E-state index contributed by atoms with van der Waals surface area (Å²) < 4.78 is 1.37. The quantitative estimate of drug-likeness (QED) is 0.572. The van der Waals surface area contributed by atoms with Gasteiger partial charge in [-0.3, -0.25) is 0 Å². The van der Waals surface area contributed by atoms with Gasteiger partial charge in [0.15, 0.2) is 0 Å². The highest BCUT2D eigenvalue weighted by molar-refractivity contribution is 14.1. The van der Waals surface area contributed by atoms with Gasteiger partial charge in [-0.15, -0.1) is 0 Å². The zero-order valence-electron chi connectivity index (χ0n) is 7.02.